The van der Waals surface area contributed by atoms with E-state index < -0.39 is 12.1 Å². The number of hydrogen-bond donors (Lipinski definition) is 0. The molecule has 1 unspecified atom stereocenters. The second kappa shape index (κ2) is 42.1. The van der Waals surface area contributed by atoms with Crippen molar-refractivity contribution in [3.05, 3.63) is 97.2 Å². The molecule has 0 aliphatic rings. The lowest BCUT2D eigenvalue weighted by atomic mass is 10.1. The molecule has 0 aliphatic heterocycles. The Kier molecular flexibility index (Phi) is 39.2. The molecule has 0 bridgehead atoms. The number of carbonyl (C=O) groups excluding carboxylic acids is 3. The lowest BCUT2D eigenvalue weighted by molar-refractivity contribution is -0.166. The number of rotatable bonds is 36. The molecule has 1 atom stereocenters. The van der Waals surface area contributed by atoms with Gasteiger partial charge in [-0.15, -0.1) is 0 Å². The van der Waals surface area contributed by atoms with E-state index >= 15 is 0 Å². The van der Waals surface area contributed by atoms with Crippen LogP contribution in [0.2, 0.25) is 0 Å². The molecule has 0 amide bonds. The standard InChI is InChI=1S/C48H76O6/c1-4-7-10-13-16-19-20-21-22-23-24-25-26-27-30-32-35-38-41-47(50)53-44-45(54-48(51)42-39-36-33-29-18-15-12-9-6-3)43-52-46(49)40-37-34-31-28-17-14-11-8-5-2/h9-10,12-13,16,18-25,29,36,39,45H,4-8,11,14-15,17,26-28,30-35,37-38,40-44H2,1-3H3/b12-9-,13-10-,19-16-,21-20-,23-22-,25-24-,29-18-,39-36-. The molecule has 54 heavy (non-hydrogen) atoms. The molecule has 0 spiro atoms. The molecule has 0 radical (unpaired) electrons. The van der Waals surface area contributed by atoms with Crippen LogP contribution in [0.15, 0.2) is 97.2 Å². The molecule has 0 heterocycles. The molecule has 0 aromatic rings. The lowest BCUT2D eigenvalue weighted by Crippen LogP contribution is -2.30. The van der Waals surface area contributed by atoms with Gasteiger partial charge in [-0.25, -0.2) is 0 Å². The summed E-state index contributed by atoms with van der Waals surface area (Å²) in [6, 6.07) is 0. The fourth-order valence-corrected chi connectivity index (χ4v) is 5.30. The van der Waals surface area contributed by atoms with E-state index in [9.17, 15) is 14.4 Å². The molecule has 304 valence electrons. The van der Waals surface area contributed by atoms with Crippen LogP contribution in [0.1, 0.15) is 168 Å². The highest BCUT2D eigenvalue weighted by Gasteiger charge is 2.19. The van der Waals surface area contributed by atoms with Crippen molar-refractivity contribution in [2.75, 3.05) is 13.2 Å². The van der Waals surface area contributed by atoms with Gasteiger partial charge in [0.25, 0.3) is 0 Å². The van der Waals surface area contributed by atoms with Gasteiger partial charge in [-0.3, -0.25) is 14.4 Å². The summed E-state index contributed by atoms with van der Waals surface area (Å²) in [5.74, 6) is -1.09. The minimum absolute atomic E-state index is 0.0968. The van der Waals surface area contributed by atoms with E-state index in [1.54, 1.807) is 6.08 Å². The van der Waals surface area contributed by atoms with Crippen LogP contribution in [-0.2, 0) is 28.6 Å². The summed E-state index contributed by atoms with van der Waals surface area (Å²) in [4.78, 5) is 37.5. The number of hydrogen-bond acceptors (Lipinski definition) is 6. The Morgan fingerprint density at radius 1 is 0.426 bits per heavy atom. The SMILES string of the molecule is CC/C=C\C/C=C\C/C=C\CC(=O)OC(COC(=O)CCCCCCC\C=C/C=C\C=C/C=C\C=C/CCC)COC(=O)CCCCCCCCCCC. The van der Waals surface area contributed by atoms with Crippen LogP contribution in [0.5, 0.6) is 0 Å². The van der Waals surface area contributed by atoms with E-state index in [-0.39, 0.29) is 31.6 Å². The predicted octanol–water partition coefficient (Wildman–Crippen LogP) is 13.5. The van der Waals surface area contributed by atoms with Crippen molar-refractivity contribution in [3.8, 4) is 0 Å². The monoisotopic (exact) mass is 749 g/mol. The number of allylic oxidation sites excluding steroid dienone is 15. The fraction of sp³-hybridized carbons (Fsp3) is 0.604. The molecular weight excluding hydrogens is 673 g/mol. The van der Waals surface area contributed by atoms with Crippen LogP contribution in [0.4, 0.5) is 0 Å². The molecule has 6 nitrogen and oxygen atoms in total. The molecule has 0 aliphatic carbocycles. The molecule has 0 aromatic carbocycles. The van der Waals surface area contributed by atoms with Crippen molar-refractivity contribution in [1.29, 1.82) is 0 Å². The first-order chi connectivity index (χ1) is 26.5. The molecule has 0 N–H and O–H groups in total. The minimum Gasteiger partial charge on any atom is -0.462 e. The van der Waals surface area contributed by atoms with Crippen LogP contribution in [-0.4, -0.2) is 37.2 Å². The van der Waals surface area contributed by atoms with Crippen molar-refractivity contribution in [3.63, 3.8) is 0 Å². The highest BCUT2D eigenvalue weighted by atomic mass is 16.6. The van der Waals surface area contributed by atoms with Crippen LogP contribution >= 0.6 is 0 Å². The zero-order valence-electron chi connectivity index (χ0n) is 34.4. The summed E-state index contributed by atoms with van der Waals surface area (Å²) in [6.45, 7) is 6.26. The first kappa shape index (κ1) is 50.3. The Bertz CT molecular complexity index is 1140. The Morgan fingerprint density at radius 3 is 1.39 bits per heavy atom. The number of esters is 3. The lowest BCUT2D eigenvalue weighted by Gasteiger charge is -2.18. The van der Waals surface area contributed by atoms with E-state index in [2.05, 4.69) is 69.4 Å². The van der Waals surface area contributed by atoms with E-state index in [0.717, 1.165) is 83.5 Å². The predicted molar refractivity (Wildman–Crippen MR) is 228 cm³/mol. The molecule has 6 heteroatoms. The van der Waals surface area contributed by atoms with Crippen LogP contribution < -0.4 is 0 Å². The Hall–Kier alpha value is -3.67. The number of ether oxygens (including phenoxy) is 3. The molecule has 0 fully saturated rings. The maximum absolute atomic E-state index is 12.6. The highest BCUT2D eigenvalue weighted by molar-refractivity contribution is 5.72. The average Bonchev–Trinajstić information content (AvgIpc) is 3.17. The topological polar surface area (TPSA) is 78.9 Å². The second-order valence-electron chi connectivity index (χ2n) is 13.7. The minimum atomic E-state index is -0.833. The van der Waals surface area contributed by atoms with Gasteiger partial charge in [0, 0.05) is 12.8 Å². The van der Waals surface area contributed by atoms with E-state index in [1.807, 2.05) is 42.5 Å². The Morgan fingerprint density at radius 2 is 0.870 bits per heavy atom. The molecular formula is C48H76O6. The largest absolute Gasteiger partial charge is 0.462 e. The van der Waals surface area contributed by atoms with Crippen molar-refractivity contribution in [2.45, 2.75) is 175 Å². The maximum Gasteiger partial charge on any atom is 0.310 e. The number of unbranched alkanes of at least 4 members (excludes halogenated alkanes) is 14. The summed E-state index contributed by atoms with van der Waals surface area (Å²) in [7, 11) is 0. The summed E-state index contributed by atoms with van der Waals surface area (Å²) in [5, 5.41) is 0. The van der Waals surface area contributed by atoms with Crippen LogP contribution in [0.3, 0.4) is 0 Å². The van der Waals surface area contributed by atoms with Crippen molar-refractivity contribution in [1.82, 2.24) is 0 Å². The second-order valence-corrected chi connectivity index (χ2v) is 13.7. The summed E-state index contributed by atoms with van der Waals surface area (Å²) in [5.41, 5.74) is 0. The van der Waals surface area contributed by atoms with Gasteiger partial charge in [-0.1, -0.05) is 195 Å². The van der Waals surface area contributed by atoms with Gasteiger partial charge in [-0.2, -0.15) is 0 Å². The normalized spacial score (nSPS) is 13.0. The van der Waals surface area contributed by atoms with Crippen molar-refractivity contribution in [2.24, 2.45) is 0 Å². The first-order valence-corrected chi connectivity index (χ1v) is 21.3. The van der Waals surface area contributed by atoms with Crippen molar-refractivity contribution >= 4 is 17.9 Å². The molecule has 0 saturated carbocycles. The zero-order chi connectivity index (χ0) is 39.4. The van der Waals surface area contributed by atoms with Gasteiger partial charge in [0.15, 0.2) is 6.10 Å². The highest BCUT2D eigenvalue weighted by Crippen LogP contribution is 2.12. The summed E-state index contributed by atoms with van der Waals surface area (Å²) >= 11 is 0. The quantitative estimate of drug-likeness (QED) is 0.0209. The van der Waals surface area contributed by atoms with Crippen molar-refractivity contribution < 1.29 is 28.6 Å². The Balaban J connectivity index is 4.46. The van der Waals surface area contributed by atoms with Gasteiger partial charge in [0.05, 0.1) is 6.42 Å². The molecule has 0 aromatic heterocycles. The third-order valence-corrected chi connectivity index (χ3v) is 8.46. The van der Waals surface area contributed by atoms with Gasteiger partial charge < -0.3 is 14.2 Å². The van der Waals surface area contributed by atoms with Gasteiger partial charge in [0.1, 0.15) is 13.2 Å². The third-order valence-electron chi connectivity index (χ3n) is 8.46. The number of carbonyl (C=O) groups is 3. The summed E-state index contributed by atoms with van der Waals surface area (Å²) in [6.07, 6.45) is 54.2. The maximum atomic E-state index is 12.6. The Labute approximate surface area is 330 Å². The van der Waals surface area contributed by atoms with E-state index in [4.69, 9.17) is 14.2 Å². The van der Waals surface area contributed by atoms with Crippen LogP contribution in [0.25, 0.3) is 0 Å². The third kappa shape index (κ3) is 39.5. The average molecular weight is 749 g/mol. The van der Waals surface area contributed by atoms with Gasteiger partial charge in [-0.05, 0) is 51.4 Å². The van der Waals surface area contributed by atoms with Gasteiger partial charge >= 0.3 is 17.9 Å². The first-order valence-electron chi connectivity index (χ1n) is 21.3. The van der Waals surface area contributed by atoms with E-state index in [1.165, 1.54) is 44.9 Å². The van der Waals surface area contributed by atoms with Crippen LogP contribution in [0, 0.1) is 0 Å². The van der Waals surface area contributed by atoms with Gasteiger partial charge in [0.2, 0.25) is 0 Å². The fourth-order valence-electron chi connectivity index (χ4n) is 5.30. The smallest absolute Gasteiger partial charge is 0.310 e. The zero-order valence-corrected chi connectivity index (χ0v) is 34.4. The summed E-state index contributed by atoms with van der Waals surface area (Å²) < 4.78 is 16.5. The molecule has 0 saturated heterocycles. The molecule has 0 rings (SSSR count). The van der Waals surface area contributed by atoms with E-state index in [0.29, 0.717) is 12.8 Å².